The fourth-order valence-electron chi connectivity index (χ4n) is 2.29. The van der Waals surface area contributed by atoms with Crippen LogP contribution in [0.1, 0.15) is 22.8 Å². The molecule has 26 heavy (non-hydrogen) atoms. The maximum atomic E-state index is 12.6. The van der Waals surface area contributed by atoms with Gasteiger partial charge in [-0.15, -0.1) is 5.73 Å². The minimum absolute atomic E-state index is 0.0605. The van der Waals surface area contributed by atoms with E-state index < -0.39 is 11.8 Å². The summed E-state index contributed by atoms with van der Waals surface area (Å²) in [6, 6.07) is 13.8. The molecule has 0 bridgehead atoms. The fourth-order valence-corrected chi connectivity index (χ4v) is 2.29. The number of carbonyl (C=O) groups is 3. The van der Waals surface area contributed by atoms with E-state index in [0.717, 1.165) is 5.56 Å². The van der Waals surface area contributed by atoms with E-state index in [4.69, 9.17) is 0 Å². The summed E-state index contributed by atoms with van der Waals surface area (Å²) in [6.07, 6.45) is 0. The lowest BCUT2D eigenvalue weighted by molar-refractivity contribution is -0.119. The zero-order chi connectivity index (χ0) is 19.3. The van der Waals surface area contributed by atoms with Crippen molar-refractivity contribution in [1.82, 2.24) is 0 Å². The molecule has 0 atom stereocenters. The van der Waals surface area contributed by atoms with Crippen molar-refractivity contribution in [2.24, 2.45) is 0 Å². The van der Waals surface area contributed by atoms with Crippen LogP contribution in [0.3, 0.4) is 0 Å². The summed E-state index contributed by atoms with van der Waals surface area (Å²) >= 11 is 0. The van der Waals surface area contributed by atoms with Crippen molar-refractivity contribution >= 4 is 29.0 Å². The van der Waals surface area contributed by atoms with Crippen molar-refractivity contribution in [1.29, 1.82) is 0 Å². The van der Waals surface area contributed by atoms with Gasteiger partial charge in [0.2, 0.25) is 0 Å². The van der Waals surface area contributed by atoms with E-state index in [9.17, 15) is 14.4 Å². The highest BCUT2D eigenvalue weighted by Crippen LogP contribution is 2.17. The second-order valence-electron chi connectivity index (χ2n) is 5.84. The molecule has 5 nitrogen and oxygen atoms in total. The number of benzene rings is 2. The Morgan fingerprint density at radius 1 is 1.00 bits per heavy atom. The molecule has 0 heterocycles. The van der Waals surface area contributed by atoms with E-state index in [1.165, 1.54) is 11.8 Å². The average molecular weight is 348 g/mol. The number of likely N-dealkylation sites (N-methyl/N-ethyl adjacent to an activating group) is 1. The van der Waals surface area contributed by atoms with Crippen LogP contribution in [-0.2, 0) is 9.59 Å². The second kappa shape index (κ2) is 8.10. The molecule has 0 aliphatic carbocycles. The largest absolute Gasteiger partial charge is 0.321 e. The first-order valence-corrected chi connectivity index (χ1v) is 8.00. The molecule has 0 spiro atoms. The van der Waals surface area contributed by atoms with Gasteiger partial charge in [0.05, 0.1) is 0 Å². The molecule has 2 aromatic carbocycles. The molecular formula is C21H20N2O3. The topological polar surface area (TPSA) is 66.5 Å². The Hall–Kier alpha value is -3.43. The highest BCUT2D eigenvalue weighted by Gasteiger charge is 2.22. The van der Waals surface area contributed by atoms with Gasteiger partial charge in [-0.3, -0.25) is 14.4 Å². The lowest BCUT2D eigenvalue weighted by Crippen LogP contribution is -2.32. The molecule has 0 saturated heterocycles. The third kappa shape index (κ3) is 4.35. The van der Waals surface area contributed by atoms with Crippen LogP contribution >= 0.6 is 0 Å². The van der Waals surface area contributed by atoms with Gasteiger partial charge in [0.1, 0.15) is 5.57 Å². The van der Waals surface area contributed by atoms with Gasteiger partial charge in [0.25, 0.3) is 11.8 Å². The van der Waals surface area contributed by atoms with Gasteiger partial charge in [-0.2, -0.15) is 0 Å². The fraction of sp³-hybridized carbons (Fsp3) is 0.143. The number of hydrogen-bond acceptors (Lipinski definition) is 3. The lowest BCUT2D eigenvalue weighted by atomic mass is 10.1. The Morgan fingerprint density at radius 3 is 2.08 bits per heavy atom. The predicted octanol–water partition coefficient (Wildman–Crippen LogP) is 3.51. The number of anilines is 2. The first kappa shape index (κ1) is 18.9. The quantitative estimate of drug-likeness (QED) is 0.296. The second-order valence-corrected chi connectivity index (χ2v) is 5.84. The summed E-state index contributed by atoms with van der Waals surface area (Å²) in [4.78, 5) is 37.7. The van der Waals surface area contributed by atoms with Crippen LogP contribution in [0, 0.1) is 6.92 Å². The van der Waals surface area contributed by atoms with E-state index in [1.807, 2.05) is 19.1 Å². The first-order valence-electron chi connectivity index (χ1n) is 8.00. The molecule has 0 aliphatic rings. The van der Waals surface area contributed by atoms with Gasteiger partial charge in [-0.05, 0) is 50.2 Å². The molecule has 2 amide bonds. The van der Waals surface area contributed by atoms with Crippen LogP contribution in [0.4, 0.5) is 11.4 Å². The zero-order valence-corrected chi connectivity index (χ0v) is 15.0. The number of aryl methyl sites for hydroxylation is 1. The first-order chi connectivity index (χ1) is 12.3. The molecule has 132 valence electrons. The highest BCUT2D eigenvalue weighted by atomic mass is 16.2. The lowest BCUT2D eigenvalue weighted by Gasteiger charge is -2.18. The van der Waals surface area contributed by atoms with E-state index in [1.54, 1.807) is 43.4 Å². The van der Waals surface area contributed by atoms with E-state index >= 15 is 0 Å². The maximum Gasteiger partial charge on any atom is 0.271 e. The molecule has 0 aliphatic heterocycles. The summed E-state index contributed by atoms with van der Waals surface area (Å²) in [5, 5.41) is 2.66. The Bertz CT molecular complexity index is 890. The van der Waals surface area contributed by atoms with Crippen molar-refractivity contribution in [3.05, 3.63) is 77.5 Å². The van der Waals surface area contributed by atoms with Crippen molar-refractivity contribution in [2.75, 3.05) is 17.3 Å². The van der Waals surface area contributed by atoms with Crippen LogP contribution in [0.5, 0.6) is 0 Å². The van der Waals surface area contributed by atoms with Crippen LogP contribution in [-0.4, -0.2) is 24.6 Å². The molecule has 5 heteroatoms. The summed E-state index contributed by atoms with van der Waals surface area (Å²) in [5.74, 6) is -1.18. The zero-order valence-electron chi connectivity index (χ0n) is 15.0. The number of hydrogen-bond donors (Lipinski definition) is 1. The Balaban J connectivity index is 2.16. The summed E-state index contributed by atoms with van der Waals surface area (Å²) in [5.41, 5.74) is 4.97. The number of amides is 2. The van der Waals surface area contributed by atoms with Gasteiger partial charge in [-0.1, -0.05) is 24.3 Å². The molecule has 0 unspecified atom stereocenters. The minimum atomic E-state index is -0.582. The monoisotopic (exact) mass is 348 g/mol. The summed E-state index contributed by atoms with van der Waals surface area (Å²) in [6.45, 7) is 6.87. The molecule has 2 rings (SSSR count). The third-order valence-electron chi connectivity index (χ3n) is 3.89. The minimum Gasteiger partial charge on any atom is -0.321 e. The van der Waals surface area contributed by atoms with Crippen LogP contribution in [0.2, 0.25) is 0 Å². The van der Waals surface area contributed by atoms with Gasteiger partial charge in [-0.25, -0.2) is 0 Å². The number of nitrogens with one attached hydrogen (secondary N) is 1. The van der Waals surface area contributed by atoms with Gasteiger partial charge < -0.3 is 10.2 Å². The Labute approximate surface area is 152 Å². The highest BCUT2D eigenvalue weighted by molar-refractivity contribution is 6.26. The van der Waals surface area contributed by atoms with Crippen molar-refractivity contribution in [2.45, 2.75) is 13.8 Å². The number of ketones is 1. The summed E-state index contributed by atoms with van der Waals surface area (Å²) < 4.78 is 0. The summed E-state index contributed by atoms with van der Waals surface area (Å²) in [7, 11) is 1.54. The number of Topliss-reactive ketones (excluding diaryl/α,β-unsaturated/α-hetero) is 1. The standard InChI is InChI=1S/C21H20N2O3/c1-5-19(20(25)22-17-10-6-14(2)7-11-17)21(26)23(4)18-12-8-16(9-13-18)15(3)24/h6-13H,1H2,2-4H3,(H,22,25). The number of nitrogens with zero attached hydrogens (tertiary/aromatic N) is 1. The molecule has 0 fully saturated rings. The molecule has 0 radical (unpaired) electrons. The SMILES string of the molecule is C=C=C(C(=O)Nc1ccc(C)cc1)C(=O)N(C)c1ccc(C(C)=O)cc1. The van der Waals surface area contributed by atoms with E-state index in [2.05, 4.69) is 17.6 Å². The van der Waals surface area contributed by atoms with E-state index in [-0.39, 0.29) is 11.4 Å². The molecule has 0 aromatic heterocycles. The van der Waals surface area contributed by atoms with Crippen molar-refractivity contribution in [3.63, 3.8) is 0 Å². The van der Waals surface area contributed by atoms with Gasteiger partial charge in [0.15, 0.2) is 5.78 Å². The number of rotatable bonds is 5. The Kier molecular flexibility index (Phi) is 5.89. The predicted molar refractivity (Wildman–Crippen MR) is 102 cm³/mol. The van der Waals surface area contributed by atoms with Gasteiger partial charge in [0, 0.05) is 24.0 Å². The van der Waals surface area contributed by atoms with E-state index in [0.29, 0.717) is 16.9 Å². The number of carbonyl (C=O) groups excluding carboxylic acids is 3. The molecule has 0 saturated carbocycles. The van der Waals surface area contributed by atoms with Crippen molar-refractivity contribution in [3.8, 4) is 0 Å². The van der Waals surface area contributed by atoms with Crippen LogP contribution in [0.25, 0.3) is 0 Å². The normalized spacial score (nSPS) is 9.81. The molecule has 2 aromatic rings. The Morgan fingerprint density at radius 2 is 1.58 bits per heavy atom. The smallest absolute Gasteiger partial charge is 0.271 e. The van der Waals surface area contributed by atoms with Crippen molar-refractivity contribution < 1.29 is 14.4 Å². The third-order valence-corrected chi connectivity index (χ3v) is 3.89. The molecule has 1 N–H and O–H groups in total. The van der Waals surface area contributed by atoms with Crippen LogP contribution in [0.15, 0.2) is 66.4 Å². The maximum absolute atomic E-state index is 12.6. The van der Waals surface area contributed by atoms with Gasteiger partial charge >= 0.3 is 0 Å². The average Bonchev–Trinajstić information content (AvgIpc) is 2.63. The van der Waals surface area contributed by atoms with Crippen LogP contribution < -0.4 is 10.2 Å². The molecular weight excluding hydrogens is 328 g/mol.